The van der Waals surface area contributed by atoms with E-state index in [-0.39, 0.29) is 17.6 Å². The second kappa shape index (κ2) is 15.4. The monoisotopic (exact) mass is 611 g/mol. The molecule has 8 nitrogen and oxygen atoms in total. The van der Waals surface area contributed by atoms with Crippen LogP contribution in [0.25, 0.3) is 0 Å². The van der Waals surface area contributed by atoms with Crippen molar-refractivity contribution in [2.75, 3.05) is 17.6 Å². The zero-order valence-electron chi connectivity index (χ0n) is 18.9. The number of alkyl carbamates (subject to hydrolysis) is 1. The number of carbonyl (C=O) groups is 3. The fraction of sp³-hybridized carbons (Fsp3) is 0.833. The smallest absolute Gasteiger partial charge is 0.409 e. The number of alkyl halides is 7. The number of nitrogens with one attached hydrogen (secondary N) is 1. The van der Waals surface area contributed by atoms with Crippen molar-refractivity contribution in [2.24, 2.45) is 9.86 Å². The average Bonchev–Trinajstić information content (AvgIpc) is 2.58. The van der Waals surface area contributed by atoms with Crippen molar-refractivity contribution >= 4 is 18.0 Å². The van der Waals surface area contributed by atoms with Gasteiger partial charge < -0.3 is 14.8 Å². The molecule has 1 amide bonds. The molecule has 198 valence electrons. The van der Waals surface area contributed by atoms with Crippen LogP contribution in [0.5, 0.6) is 0 Å². The molecule has 0 saturated heterocycles. The molecule has 0 bridgehead atoms. The predicted octanol–water partition coefficient (Wildman–Crippen LogP) is 0.476. The van der Waals surface area contributed by atoms with Gasteiger partial charge in [-0.1, -0.05) is 0 Å². The normalized spacial score (nSPS) is 13.8. The van der Waals surface area contributed by atoms with Crippen LogP contribution in [0.4, 0.5) is 31.1 Å². The number of nitrogens with two attached hydrogens (primary N) is 1. The van der Waals surface area contributed by atoms with Crippen molar-refractivity contribution in [3.05, 3.63) is 0 Å². The molecule has 0 aliphatic rings. The van der Waals surface area contributed by atoms with Gasteiger partial charge in [-0.3, -0.25) is 4.79 Å². The molecule has 0 fully saturated rings. The van der Waals surface area contributed by atoms with Crippen molar-refractivity contribution in [3.63, 3.8) is 0 Å². The fourth-order valence-corrected chi connectivity index (χ4v) is 3.30. The second-order valence-corrected chi connectivity index (χ2v) is 9.07. The minimum Gasteiger partial charge on any atom is -0.466 e. The van der Waals surface area contributed by atoms with Crippen molar-refractivity contribution in [1.29, 1.82) is 0 Å². The van der Waals surface area contributed by atoms with Crippen LogP contribution in [-0.2, 0) is 23.8 Å². The van der Waals surface area contributed by atoms with E-state index in [2.05, 4.69) is 9.47 Å². The summed E-state index contributed by atoms with van der Waals surface area (Å²) in [4.78, 5) is 33.1. The summed E-state index contributed by atoms with van der Waals surface area (Å²) in [5, 5.41) is 1.62. The summed E-state index contributed by atoms with van der Waals surface area (Å²) in [5.74, 6) is -3.49. The van der Waals surface area contributed by atoms with Crippen LogP contribution in [-0.4, -0.2) is 59.7 Å². The summed E-state index contributed by atoms with van der Waals surface area (Å²) in [6.45, 7) is 7.64. The summed E-state index contributed by atoms with van der Waals surface area (Å²) in [6.07, 6.45) is -12.0. The number of hydrogen-bond acceptors (Lipinski definition) is 7. The van der Waals surface area contributed by atoms with E-state index in [9.17, 15) is 40.7 Å². The fourth-order valence-electron chi connectivity index (χ4n) is 1.87. The Kier molecular flexibility index (Phi) is 15.7. The van der Waals surface area contributed by atoms with Crippen molar-refractivity contribution in [1.82, 2.24) is 5.32 Å². The van der Waals surface area contributed by atoms with Gasteiger partial charge >= 0.3 is 109 Å². The molecule has 0 radical (unpaired) electrons. The van der Waals surface area contributed by atoms with Gasteiger partial charge in [-0.2, -0.15) is 13.2 Å². The molecule has 33 heavy (non-hydrogen) atoms. The summed E-state index contributed by atoms with van der Waals surface area (Å²) in [5.41, 5.74) is -0.926. The third-order valence-electron chi connectivity index (χ3n) is 3.22. The first kappa shape index (κ1) is 33.7. The Morgan fingerprint density at radius 1 is 0.879 bits per heavy atom. The van der Waals surface area contributed by atoms with E-state index in [1.165, 1.54) is 27.7 Å². The van der Waals surface area contributed by atoms with Crippen LogP contribution in [0.1, 0.15) is 47.5 Å². The standard InChI is InChI=1S/C11H18F3NO4.C7H12F3INO2/c1-5-18-8(16)6-7(11(12,13)14)15-9(17)19-10(2,3)4;1-2-14-6(13)3-5(4-11-12)7(8,9)10/h7H,5-6H2,1-4H3,(H,15,17);5H,2-4,12H2,1H3/q;-1. The zero-order valence-corrected chi connectivity index (χ0v) is 21.0. The van der Waals surface area contributed by atoms with Crippen LogP contribution in [0.15, 0.2) is 0 Å². The maximum absolute atomic E-state index is 12.6. The summed E-state index contributed by atoms with van der Waals surface area (Å²) in [7, 11) is 0. The van der Waals surface area contributed by atoms with Crippen molar-refractivity contribution in [3.8, 4) is 0 Å². The van der Waals surface area contributed by atoms with Crippen LogP contribution in [0.2, 0.25) is 0 Å². The van der Waals surface area contributed by atoms with E-state index in [4.69, 9.17) is 8.68 Å². The van der Waals surface area contributed by atoms with Gasteiger partial charge in [0.2, 0.25) is 0 Å². The van der Waals surface area contributed by atoms with Gasteiger partial charge in [-0.05, 0) is 27.7 Å². The second-order valence-electron chi connectivity index (χ2n) is 7.31. The Bertz CT molecular complexity index is 611. The average molecular weight is 611 g/mol. The van der Waals surface area contributed by atoms with Gasteiger partial charge in [0.1, 0.15) is 11.6 Å². The summed E-state index contributed by atoms with van der Waals surface area (Å²) < 4.78 is 93.3. The first-order valence-corrected chi connectivity index (χ1v) is 12.4. The van der Waals surface area contributed by atoms with Crippen LogP contribution < -0.4 is 30.7 Å². The van der Waals surface area contributed by atoms with Gasteiger partial charge in [0.25, 0.3) is 0 Å². The van der Waals surface area contributed by atoms with Crippen LogP contribution in [0, 0.1) is 5.92 Å². The number of rotatable bonds is 9. The van der Waals surface area contributed by atoms with Crippen molar-refractivity contribution in [2.45, 2.75) is 71.5 Å². The Morgan fingerprint density at radius 2 is 1.33 bits per heavy atom. The topological polar surface area (TPSA) is 117 Å². The quantitative estimate of drug-likeness (QED) is 0.0974. The molecule has 0 heterocycles. The molecule has 2 atom stereocenters. The van der Waals surface area contributed by atoms with Crippen LogP contribution in [0.3, 0.4) is 0 Å². The molecule has 0 aromatic rings. The molecule has 0 saturated carbocycles. The minimum atomic E-state index is -4.76. The number of esters is 2. The van der Waals surface area contributed by atoms with Gasteiger partial charge in [0.05, 0.1) is 13.0 Å². The number of halogens is 7. The minimum absolute atomic E-state index is 0.0319. The van der Waals surface area contributed by atoms with Gasteiger partial charge in [-0.25, -0.2) is 4.79 Å². The Hall–Kier alpha value is -1.52. The van der Waals surface area contributed by atoms with Gasteiger partial charge in [0, 0.05) is 0 Å². The molecule has 2 unspecified atom stereocenters. The van der Waals surface area contributed by atoms with E-state index in [0.717, 1.165) is 0 Å². The molecule has 0 aliphatic heterocycles. The van der Waals surface area contributed by atoms with E-state index in [1.54, 1.807) is 12.2 Å². The molecular weight excluding hydrogens is 581 g/mol. The largest absolute Gasteiger partial charge is 0.466 e. The first-order chi connectivity index (χ1) is 14.9. The van der Waals surface area contributed by atoms with E-state index < -0.39 is 82.3 Å². The maximum Gasteiger partial charge on any atom is 0.409 e. The number of hydrogen-bond donors (Lipinski definition) is 2. The SMILES string of the molecule is CCOC(=O)CC(C[I-]N)C(F)(F)F.CCOC(=O)CC(NC(=O)OC(C)(C)C)C(F)(F)F. The summed E-state index contributed by atoms with van der Waals surface area (Å²) in [6, 6.07) is -2.33. The van der Waals surface area contributed by atoms with Gasteiger partial charge in [0.15, 0.2) is 0 Å². The van der Waals surface area contributed by atoms with Gasteiger partial charge in [-0.15, -0.1) is 0 Å². The molecule has 0 spiro atoms. The third kappa shape index (κ3) is 18.6. The molecular formula is C18H30F6IN2O6-. The molecule has 0 aromatic heterocycles. The molecule has 0 aliphatic carbocycles. The van der Waals surface area contributed by atoms with Crippen molar-refractivity contribution < 1.29 is 76.4 Å². The Balaban J connectivity index is 0. The molecule has 15 heteroatoms. The molecule has 0 rings (SSSR count). The Morgan fingerprint density at radius 3 is 1.67 bits per heavy atom. The number of ether oxygens (including phenoxy) is 3. The Labute approximate surface area is 198 Å². The molecule has 0 aromatic carbocycles. The first-order valence-electron chi connectivity index (χ1n) is 9.59. The zero-order chi connectivity index (χ0) is 26.5. The van der Waals surface area contributed by atoms with E-state index >= 15 is 0 Å². The third-order valence-corrected chi connectivity index (χ3v) is 4.79. The van der Waals surface area contributed by atoms with E-state index in [1.807, 2.05) is 0 Å². The number of amides is 1. The van der Waals surface area contributed by atoms with Crippen LogP contribution >= 0.6 is 0 Å². The predicted molar refractivity (Wildman–Crippen MR) is 100 cm³/mol. The summed E-state index contributed by atoms with van der Waals surface area (Å²) >= 11 is -0.968. The van der Waals surface area contributed by atoms with E-state index in [0.29, 0.717) is 0 Å². The number of carbonyl (C=O) groups excluding carboxylic acids is 3. The molecule has 3 N–H and O–H groups in total. The maximum atomic E-state index is 12.6.